The van der Waals surface area contributed by atoms with Crippen LogP contribution in [0.4, 0.5) is 5.69 Å². The first-order valence-electron chi connectivity index (χ1n) is 10.4. The van der Waals surface area contributed by atoms with E-state index in [0.29, 0.717) is 18.9 Å². The maximum Gasteiger partial charge on any atom is 0.243 e. The Kier molecular flexibility index (Phi) is 5.47. The van der Waals surface area contributed by atoms with Gasteiger partial charge in [0.25, 0.3) is 0 Å². The van der Waals surface area contributed by atoms with Gasteiger partial charge in [-0.15, -0.1) is 0 Å². The summed E-state index contributed by atoms with van der Waals surface area (Å²) in [6.07, 6.45) is 4.87. The van der Waals surface area contributed by atoms with Gasteiger partial charge in [-0.1, -0.05) is 68.3 Å². The molecule has 0 radical (unpaired) electrons. The quantitative estimate of drug-likeness (QED) is 0.841. The van der Waals surface area contributed by atoms with E-state index in [1.807, 2.05) is 49.4 Å². The third-order valence-corrected chi connectivity index (χ3v) is 6.23. The van der Waals surface area contributed by atoms with E-state index in [2.05, 4.69) is 17.4 Å². The molecule has 3 atom stereocenters. The zero-order valence-electron chi connectivity index (χ0n) is 16.4. The molecule has 1 saturated carbocycles. The number of nitrogens with zero attached hydrogens (tertiary/aromatic N) is 1. The Morgan fingerprint density at radius 1 is 1.04 bits per heavy atom. The summed E-state index contributed by atoms with van der Waals surface area (Å²) in [6.45, 7) is 2.46. The summed E-state index contributed by atoms with van der Waals surface area (Å²) in [7, 11) is 0. The molecule has 2 aromatic rings. The summed E-state index contributed by atoms with van der Waals surface area (Å²) in [5, 5.41) is 3.04. The Bertz CT molecular complexity index is 849. The van der Waals surface area contributed by atoms with Gasteiger partial charge < -0.3 is 5.32 Å². The second-order valence-electron chi connectivity index (χ2n) is 7.89. The second kappa shape index (κ2) is 8.17. The summed E-state index contributed by atoms with van der Waals surface area (Å²) in [6, 6.07) is 17.6. The van der Waals surface area contributed by atoms with Crippen molar-refractivity contribution in [3.05, 3.63) is 65.7 Å². The van der Waals surface area contributed by atoms with E-state index in [4.69, 9.17) is 0 Å². The molecule has 146 valence electrons. The van der Waals surface area contributed by atoms with Crippen LogP contribution in [0.5, 0.6) is 0 Å². The number of hydrogen-bond acceptors (Lipinski definition) is 2. The molecule has 4 heteroatoms. The normalized spacial score (nSPS) is 22.2. The molecule has 2 aromatic carbocycles. The van der Waals surface area contributed by atoms with Gasteiger partial charge in [0, 0.05) is 18.2 Å². The van der Waals surface area contributed by atoms with Crippen LogP contribution in [0.1, 0.15) is 56.1 Å². The van der Waals surface area contributed by atoms with E-state index in [-0.39, 0.29) is 17.7 Å². The molecular formula is C24H28N2O2. The molecule has 0 bridgehead atoms. The standard InChI is InChI=1S/C24H28N2O2/c1-2-21(23(27)25-16-17-10-4-3-5-11-17)26-22-15-9-8-13-19(22)18-12-6-7-14-20(18)24(26)28/h3-5,8-11,13,15,18,20-21H,2,6-7,12,14,16H2,1H3,(H,25,27)/t18-,20+,21+/m1/s1. The SMILES string of the molecule is CC[C@@H](C(=O)NCc1ccccc1)N1C(=O)[C@H]2CCCC[C@@H]2c2ccccc21. The van der Waals surface area contributed by atoms with E-state index in [1.54, 1.807) is 4.90 Å². The van der Waals surface area contributed by atoms with Crippen LogP contribution in [0.25, 0.3) is 0 Å². The van der Waals surface area contributed by atoms with Crippen LogP contribution in [0.15, 0.2) is 54.6 Å². The lowest BCUT2D eigenvalue weighted by Gasteiger charge is -2.44. The Morgan fingerprint density at radius 2 is 1.71 bits per heavy atom. The molecule has 1 fully saturated rings. The Morgan fingerprint density at radius 3 is 2.46 bits per heavy atom. The summed E-state index contributed by atoms with van der Waals surface area (Å²) < 4.78 is 0. The highest BCUT2D eigenvalue weighted by atomic mass is 16.2. The summed E-state index contributed by atoms with van der Waals surface area (Å²) >= 11 is 0. The maximum absolute atomic E-state index is 13.4. The van der Waals surface area contributed by atoms with Crippen LogP contribution in [-0.4, -0.2) is 17.9 Å². The van der Waals surface area contributed by atoms with Crippen LogP contribution in [0.2, 0.25) is 0 Å². The summed E-state index contributed by atoms with van der Waals surface area (Å²) in [4.78, 5) is 28.3. The summed E-state index contributed by atoms with van der Waals surface area (Å²) in [5.41, 5.74) is 3.22. The zero-order chi connectivity index (χ0) is 19.5. The number of amides is 2. The van der Waals surface area contributed by atoms with Crippen molar-refractivity contribution in [1.29, 1.82) is 0 Å². The first kappa shape index (κ1) is 18.7. The predicted octanol–water partition coefficient (Wildman–Crippen LogP) is 4.40. The average Bonchev–Trinajstić information content (AvgIpc) is 2.76. The molecule has 0 spiro atoms. The molecular weight excluding hydrogens is 348 g/mol. The Balaban J connectivity index is 1.61. The minimum absolute atomic E-state index is 0.0135. The van der Waals surface area contributed by atoms with Crippen LogP contribution >= 0.6 is 0 Å². The fourth-order valence-corrected chi connectivity index (χ4v) is 4.83. The largest absolute Gasteiger partial charge is 0.350 e. The Labute approximate surface area is 166 Å². The predicted molar refractivity (Wildman–Crippen MR) is 111 cm³/mol. The third kappa shape index (κ3) is 3.44. The van der Waals surface area contributed by atoms with Gasteiger partial charge in [-0.05, 0) is 42.4 Å². The molecule has 0 aromatic heterocycles. The van der Waals surface area contributed by atoms with Crippen molar-refractivity contribution >= 4 is 17.5 Å². The molecule has 1 heterocycles. The topological polar surface area (TPSA) is 49.4 Å². The zero-order valence-corrected chi connectivity index (χ0v) is 16.4. The van der Waals surface area contributed by atoms with Crippen molar-refractivity contribution in [2.45, 2.75) is 57.5 Å². The van der Waals surface area contributed by atoms with Crippen molar-refractivity contribution < 1.29 is 9.59 Å². The molecule has 4 nitrogen and oxygen atoms in total. The van der Waals surface area contributed by atoms with E-state index in [0.717, 1.165) is 30.5 Å². The second-order valence-corrected chi connectivity index (χ2v) is 7.89. The van der Waals surface area contributed by atoms with Crippen molar-refractivity contribution in [1.82, 2.24) is 5.32 Å². The van der Waals surface area contributed by atoms with Gasteiger partial charge in [-0.2, -0.15) is 0 Å². The van der Waals surface area contributed by atoms with Gasteiger partial charge in [-0.25, -0.2) is 0 Å². The van der Waals surface area contributed by atoms with Crippen molar-refractivity contribution in [3.63, 3.8) is 0 Å². The molecule has 4 rings (SSSR count). The number of rotatable bonds is 5. The van der Waals surface area contributed by atoms with Gasteiger partial charge in [0.1, 0.15) is 6.04 Å². The number of nitrogens with one attached hydrogen (secondary N) is 1. The number of anilines is 1. The van der Waals surface area contributed by atoms with Crippen LogP contribution in [0, 0.1) is 5.92 Å². The van der Waals surface area contributed by atoms with Crippen molar-refractivity contribution in [2.75, 3.05) is 4.90 Å². The van der Waals surface area contributed by atoms with Gasteiger partial charge in [0.05, 0.1) is 0 Å². The first-order valence-corrected chi connectivity index (χ1v) is 10.4. The number of carbonyl (C=O) groups is 2. The van der Waals surface area contributed by atoms with Crippen molar-refractivity contribution in [2.24, 2.45) is 5.92 Å². The smallest absolute Gasteiger partial charge is 0.243 e. The highest BCUT2D eigenvalue weighted by Crippen LogP contribution is 2.47. The molecule has 28 heavy (non-hydrogen) atoms. The molecule has 2 amide bonds. The number of fused-ring (bicyclic) bond motifs is 3. The molecule has 1 aliphatic heterocycles. The fourth-order valence-electron chi connectivity index (χ4n) is 4.83. The monoisotopic (exact) mass is 376 g/mol. The minimum Gasteiger partial charge on any atom is -0.350 e. The maximum atomic E-state index is 13.4. The van der Waals surface area contributed by atoms with E-state index >= 15 is 0 Å². The first-order chi connectivity index (χ1) is 13.7. The Hall–Kier alpha value is -2.62. The van der Waals surface area contributed by atoms with Gasteiger partial charge in [0.2, 0.25) is 11.8 Å². The lowest BCUT2D eigenvalue weighted by atomic mass is 9.71. The van der Waals surface area contributed by atoms with Gasteiger partial charge in [-0.3, -0.25) is 14.5 Å². The lowest BCUT2D eigenvalue weighted by molar-refractivity contribution is -0.129. The van der Waals surface area contributed by atoms with Gasteiger partial charge >= 0.3 is 0 Å². The van der Waals surface area contributed by atoms with Crippen LogP contribution in [0.3, 0.4) is 0 Å². The van der Waals surface area contributed by atoms with Crippen LogP contribution in [-0.2, 0) is 16.1 Å². The molecule has 0 unspecified atom stereocenters. The number of carbonyl (C=O) groups excluding carboxylic acids is 2. The molecule has 0 saturated heterocycles. The number of benzene rings is 2. The fraction of sp³-hybridized carbons (Fsp3) is 0.417. The van der Waals surface area contributed by atoms with E-state index < -0.39 is 6.04 Å². The average molecular weight is 377 g/mol. The third-order valence-electron chi connectivity index (χ3n) is 6.23. The number of para-hydroxylation sites is 1. The highest BCUT2D eigenvalue weighted by Gasteiger charge is 2.44. The van der Waals surface area contributed by atoms with Crippen LogP contribution < -0.4 is 10.2 Å². The van der Waals surface area contributed by atoms with E-state index in [1.165, 1.54) is 12.0 Å². The molecule has 1 N–H and O–H groups in total. The summed E-state index contributed by atoms with van der Waals surface area (Å²) in [5.74, 6) is 0.368. The van der Waals surface area contributed by atoms with Crippen molar-refractivity contribution in [3.8, 4) is 0 Å². The van der Waals surface area contributed by atoms with Gasteiger partial charge in [0.15, 0.2) is 0 Å². The highest BCUT2D eigenvalue weighted by molar-refractivity contribution is 6.04. The number of hydrogen-bond donors (Lipinski definition) is 1. The lowest BCUT2D eigenvalue weighted by Crippen LogP contribution is -2.54. The molecule has 1 aliphatic carbocycles. The molecule has 2 aliphatic rings. The van der Waals surface area contributed by atoms with E-state index in [9.17, 15) is 9.59 Å². The minimum atomic E-state index is -0.472.